The number of halogens is 2. The van der Waals surface area contributed by atoms with Crippen LogP contribution >= 0.6 is 0 Å². The number of hydrogen-bond acceptors (Lipinski definition) is 4. The largest absolute Gasteiger partial charge is 0.490 e. The minimum absolute atomic E-state index is 0.0438. The molecule has 0 bridgehead atoms. The molecule has 0 saturated carbocycles. The summed E-state index contributed by atoms with van der Waals surface area (Å²) in [4.78, 5) is 25.2. The molecule has 148 valence electrons. The van der Waals surface area contributed by atoms with Crippen molar-refractivity contribution in [1.29, 1.82) is 0 Å². The smallest absolute Gasteiger partial charge is 0.259 e. The summed E-state index contributed by atoms with van der Waals surface area (Å²) >= 11 is 0. The Morgan fingerprint density at radius 1 is 1.00 bits per heavy atom. The second-order valence-corrected chi connectivity index (χ2v) is 6.04. The Balaban J connectivity index is 2.15. The SMILES string of the molecule is CCOc1cc(/C=C/C(=O)c2ccc(F)c(F)c2)ccc1OCC(=O)N(C)C. The van der Waals surface area contributed by atoms with Gasteiger partial charge in [0.25, 0.3) is 5.91 Å². The van der Waals surface area contributed by atoms with Crippen LogP contribution in [0.25, 0.3) is 6.08 Å². The van der Waals surface area contributed by atoms with Crippen molar-refractivity contribution < 1.29 is 27.8 Å². The van der Waals surface area contributed by atoms with Crippen molar-refractivity contribution in [1.82, 2.24) is 4.90 Å². The molecule has 0 aromatic heterocycles. The molecule has 0 aliphatic carbocycles. The number of ketones is 1. The molecule has 2 aromatic carbocycles. The van der Waals surface area contributed by atoms with Crippen LogP contribution in [0.2, 0.25) is 0 Å². The first kappa shape index (κ1) is 21.1. The van der Waals surface area contributed by atoms with Crippen molar-refractivity contribution in [2.24, 2.45) is 0 Å². The number of carbonyl (C=O) groups excluding carboxylic acids is 2. The number of hydrogen-bond donors (Lipinski definition) is 0. The quantitative estimate of drug-likeness (QED) is 0.510. The molecular formula is C21H21F2NO4. The Morgan fingerprint density at radius 3 is 2.39 bits per heavy atom. The summed E-state index contributed by atoms with van der Waals surface area (Å²) < 4.78 is 37.3. The number of allylic oxidation sites excluding steroid dienone is 1. The lowest BCUT2D eigenvalue weighted by Crippen LogP contribution is -2.27. The Morgan fingerprint density at radius 2 is 1.75 bits per heavy atom. The third kappa shape index (κ3) is 5.64. The highest BCUT2D eigenvalue weighted by molar-refractivity contribution is 6.06. The molecule has 0 atom stereocenters. The molecule has 28 heavy (non-hydrogen) atoms. The predicted molar refractivity (Wildman–Crippen MR) is 102 cm³/mol. The third-order valence-electron chi connectivity index (χ3n) is 3.75. The summed E-state index contributed by atoms with van der Waals surface area (Å²) in [6.07, 6.45) is 2.79. The molecule has 7 heteroatoms. The van der Waals surface area contributed by atoms with Crippen molar-refractivity contribution >= 4 is 17.8 Å². The van der Waals surface area contributed by atoms with Gasteiger partial charge in [-0.25, -0.2) is 8.78 Å². The number of likely N-dealkylation sites (N-methyl/N-ethyl adjacent to an activating group) is 1. The minimum atomic E-state index is -1.08. The lowest BCUT2D eigenvalue weighted by atomic mass is 10.1. The summed E-state index contributed by atoms with van der Waals surface area (Å²) in [6.45, 7) is 2.07. The van der Waals surface area contributed by atoms with Gasteiger partial charge in [-0.15, -0.1) is 0 Å². The fourth-order valence-corrected chi connectivity index (χ4v) is 2.20. The Labute approximate surface area is 162 Å². The molecule has 2 aromatic rings. The number of benzene rings is 2. The zero-order chi connectivity index (χ0) is 20.7. The highest BCUT2D eigenvalue weighted by Gasteiger charge is 2.11. The van der Waals surface area contributed by atoms with Crippen LogP contribution < -0.4 is 9.47 Å². The lowest BCUT2D eigenvalue weighted by Gasteiger charge is -2.14. The second kappa shape index (κ2) is 9.64. The highest BCUT2D eigenvalue weighted by Crippen LogP contribution is 2.29. The van der Waals surface area contributed by atoms with E-state index in [4.69, 9.17) is 9.47 Å². The molecule has 0 spiro atoms. The second-order valence-electron chi connectivity index (χ2n) is 6.04. The van der Waals surface area contributed by atoms with E-state index in [9.17, 15) is 18.4 Å². The van der Waals surface area contributed by atoms with Gasteiger partial charge >= 0.3 is 0 Å². The van der Waals surface area contributed by atoms with Gasteiger partial charge in [-0.1, -0.05) is 12.1 Å². The van der Waals surface area contributed by atoms with Crippen molar-refractivity contribution in [3.63, 3.8) is 0 Å². The number of nitrogens with zero attached hydrogens (tertiary/aromatic N) is 1. The monoisotopic (exact) mass is 389 g/mol. The van der Waals surface area contributed by atoms with Crippen LogP contribution in [-0.2, 0) is 4.79 Å². The van der Waals surface area contributed by atoms with Gasteiger partial charge < -0.3 is 14.4 Å². The lowest BCUT2D eigenvalue weighted by molar-refractivity contribution is -0.130. The van der Waals surface area contributed by atoms with E-state index in [0.29, 0.717) is 23.7 Å². The minimum Gasteiger partial charge on any atom is -0.490 e. The van der Waals surface area contributed by atoms with Gasteiger partial charge in [0.1, 0.15) is 0 Å². The first-order valence-electron chi connectivity index (χ1n) is 8.59. The van der Waals surface area contributed by atoms with Gasteiger partial charge in [-0.2, -0.15) is 0 Å². The van der Waals surface area contributed by atoms with E-state index in [-0.39, 0.29) is 18.1 Å². The molecule has 0 N–H and O–H groups in total. The topological polar surface area (TPSA) is 55.8 Å². The van der Waals surface area contributed by atoms with E-state index < -0.39 is 17.4 Å². The van der Waals surface area contributed by atoms with Crippen LogP contribution in [0.5, 0.6) is 11.5 Å². The van der Waals surface area contributed by atoms with Crippen LogP contribution in [0, 0.1) is 11.6 Å². The molecular weight excluding hydrogens is 368 g/mol. The Hall–Kier alpha value is -3.22. The summed E-state index contributed by atoms with van der Waals surface area (Å²) in [5, 5.41) is 0. The van der Waals surface area contributed by atoms with E-state index >= 15 is 0 Å². The zero-order valence-corrected chi connectivity index (χ0v) is 15.9. The van der Waals surface area contributed by atoms with Crippen molar-refractivity contribution in [3.05, 3.63) is 65.2 Å². The fourth-order valence-electron chi connectivity index (χ4n) is 2.20. The Bertz CT molecular complexity index is 894. The van der Waals surface area contributed by atoms with E-state index in [1.54, 1.807) is 32.3 Å². The number of ether oxygens (including phenoxy) is 2. The summed E-state index contributed by atoms with van der Waals surface area (Å²) in [6, 6.07) is 7.96. The average Bonchev–Trinajstić information content (AvgIpc) is 2.67. The van der Waals surface area contributed by atoms with E-state index in [1.165, 1.54) is 23.1 Å². The van der Waals surface area contributed by atoms with Gasteiger partial charge in [0.15, 0.2) is 35.5 Å². The summed E-state index contributed by atoms with van der Waals surface area (Å²) in [5.41, 5.74) is 0.688. The fraction of sp³-hybridized carbons (Fsp3) is 0.238. The molecule has 0 heterocycles. The molecule has 0 aliphatic heterocycles. The first-order chi connectivity index (χ1) is 13.3. The van der Waals surface area contributed by atoms with E-state index in [0.717, 1.165) is 12.1 Å². The standard InChI is InChI=1S/C21H21F2NO4/c1-4-27-20-11-14(6-10-19(20)28-13-21(26)24(2)3)5-9-18(25)15-7-8-16(22)17(23)12-15/h5-12H,4,13H2,1-3H3/b9-5+. The molecule has 0 aliphatic rings. The van der Waals surface area contributed by atoms with Crippen molar-refractivity contribution in [2.75, 3.05) is 27.3 Å². The van der Waals surface area contributed by atoms with Crippen molar-refractivity contribution in [3.8, 4) is 11.5 Å². The van der Waals surface area contributed by atoms with Gasteiger partial charge in [-0.3, -0.25) is 9.59 Å². The van der Waals surface area contributed by atoms with Crippen LogP contribution in [-0.4, -0.2) is 43.9 Å². The van der Waals surface area contributed by atoms with Gasteiger partial charge in [0, 0.05) is 19.7 Å². The third-order valence-corrected chi connectivity index (χ3v) is 3.75. The summed E-state index contributed by atoms with van der Waals surface area (Å²) in [5.74, 6) is -1.91. The van der Waals surface area contributed by atoms with Crippen LogP contribution in [0.4, 0.5) is 8.78 Å². The van der Waals surface area contributed by atoms with Gasteiger partial charge in [0.05, 0.1) is 6.61 Å². The normalized spacial score (nSPS) is 10.8. The average molecular weight is 389 g/mol. The zero-order valence-electron chi connectivity index (χ0n) is 15.9. The van der Waals surface area contributed by atoms with Gasteiger partial charge in [0.2, 0.25) is 0 Å². The molecule has 1 amide bonds. The van der Waals surface area contributed by atoms with Crippen LogP contribution in [0.3, 0.4) is 0 Å². The van der Waals surface area contributed by atoms with Crippen LogP contribution in [0.15, 0.2) is 42.5 Å². The maximum atomic E-state index is 13.3. The predicted octanol–water partition coefficient (Wildman–Crippen LogP) is 3.73. The molecule has 2 rings (SSSR count). The van der Waals surface area contributed by atoms with Crippen molar-refractivity contribution in [2.45, 2.75) is 6.92 Å². The molecule has 0 saturated heterocycles. The Kier molecular flexibility index (Phi) is 7.26. The number of carbonyl (C=O) groups is 2. The summed E-state index contributed by atoms with van der Waals surface area (Å²) in [7, 11) is 3.26. The molecule has 0 radical (unpaired) electrons. The maximum Gasteiger partial charge on any atom is 0.259 e. The molecule has 5 nitrogen and oxygen atoms in total. The molecule has 0 fully saturated rings. The highest BCUT2D eigenvalue weighted by atomic mass is 19.2. The maximum absolute atomic E-state index is 13.3. The number of amides is 1. The van der Waals surface area contributed by atoms with E-state index in [1.807, 2.05) is 6.92 Å². The van der Waals surface area contributed by atoms with Crippen LogP contribution in [0.1, 0.15) is 22.8 Å². The first-order valence-corrected chi connectivity index (χ1v) is 8.59. The number of rotatable bonds is 8. The van der Waals surface area contributed by atoms with Gasteiger partial charge in [-0.05, 0) is 48.9 Å². The molecule has 0 unspecified atom stereocenters. The van der Waals surface area contributed by atoms with E-state index in [2.05, 4.69) is 0 Å².